The molecule has 0 amide bonds. The van der Waals surface area contributed by atoms with Gasteiger partial charge in [0.25, 0.3) is 0 Å². The lowest BCUT2D eigenvalue weighted by atomic mass is 10.1. The third-order valence-electron chi connectivity index (χ3n) is 3.17. The van der Waals surface area contributed by atoms with Gasteiger partial charge in [-0.25, -0.2) is 0 Å². The van der Waals surface area contributed by atoms with E-state index < -0.39 is 0 Å². The van der Waals surface area contributed by atoms with E-state index in [-0.39, 0.29) is 0 Å². The van der Waals surface area contributed by atoms with Crippen molar-refractivity contribution < 1.29 is 0 Å². The van der Waals surface area contributed by atoms with Crippen LogP contribution in [-0.2, 0) is 6.42 Å². The zero-order chi connectivity index (χ0) is 13.0. The van der Waals surface area contributed by atoms with Crippen LogP contribution in [0.15, 0.2) is 24.4 Å². The summed E-state index contributed by atoms with van der Waals surface area (Å²) in [5, 5.41) is 10.4. The predicted molar refractivity (Wildman–Crippen MR) is 75.7 cm³/mol. The van der Waals surface area contributed by atoms with Crippen molar-refractivity contribution in [3.8, 4) is 0 Å². The van der Waals surface area contributed by atoms with Crippen molar-refractivity contribution in [3.05, 3.63) is 41.2 Å². The number of nitrogens with two attached hydrogens (primary N) is 1. The zero-order valence-corrected chi connectivity index (χ0v) is 11.0. The van der Waals surface area contributed by atoms with E-state index in [4.69, 9.17) is 5.73 Å². The monoisotopic (exact) mass is 244 g/mol. The molecule has 4 heteroatoms. The molecule has 0 spiro atoms. The largest absolute Gasteiger partial charge is 0.398 e. The number of H-pyrrole nitrogens is 1. The molecule has 1 aromatic carbocycles. The first-order valence-electron chi connectivity index (χ1n) is 6.25. The minimum Gasteiger partial charge on any atom is -0.398 e. The van der Waals surface area contributed by atoms with Crippen LogP contribution in [-0.4, -0.2) is 16.7 Å². The minimum absolute atomic E-state index is 0.839. The number of nitrogens with zero attached hydrogens (tertiary/aromatic N) is 1. The van der Waals surface area contributed by atoms with Crippen LogP contribution in [0.4, 0.5) is 11.4 Å². The topological polar surface area (TPSA) is 66.7 Å². The number of hydrogen-bond acceptors (Lipinski definition) is 3. The van der Waals surface area contributed by atoms with Crippen LogP contribution in [0.3, 0.4) is 0 Å². The number of nitrogen functional groups attached to an aromatic ring is 1. The van der Waals surface area contributed by atoms with E-state index in [1.807, 2.05) is 25.3 Å². The second-order valence-electron chi connectivity index (χ2n) is 4.62. The second-order valence-corrected chi connectivity index (χ2v) is 4.62. The zero-order valence-electron chi connectivity index (χ0n) is 11.0. The third-order valence-corrected chi connectivity index (χ3v) is 3.17. The molecular formula is C14H20N4. The summed E-state index contributed by atoms with van der Waals surface area (Å²) in [7, 11) is 0. The first kappa shape index (κ1) is 12.5. The van der Waals surface area contributed by atoms with Gasteiger partial charge >= 0.3 is 0 Å². The van der Waals surface area contributed by atoms with Crippen molar-refractivity contribution in [3.63, 3.8) is 0 Å². The van der Waals surface area contributed by atoms with Gasteiger partial charge in [0.2, 0.25) is 0 Å². The lowest BCUT2D eigenvalue weighted by Crippen LogP contribution is -2.04. The van der Waals surface area contributed by atoms with Gasteiger partial charge in [-0.3, -0.25) is 5.10 Å². The maximum atomic E-state index is 5.87. The molecule has 18 heavy (non-hydrogen) atoms. The van der Waals surface area contributed by atoms with Crippen LogP contribution in [0.2, 0.25) is 0 Å². The normalized spacial score (nSPS) is 10.6. The summed E-state index contributed by atoms with van der Waals surface area (Å²) in [6.07, 6.45) is 4.02. The molecule has 0 fully saturated rings. The van der Waals surface area contributed by atoms with E-state index >= 15 is 0 Å². The number of benzene rings is 1. The highest BCUT2D eigenvalue weighted by atomic mass is 15.1. The summed E-state index contributed by atoms with van der Waals surface area (Å²) >= 11 is 0. The molecule has 0 saturated heterocycles. The summed E-state index contributed by atoms with van der Waals surface area (Å²) in [5.41, 5.74) is 11.4. The number of aryl methyl sites for hydroxylation is 3. The molecule has 0 radical (unpaired) electrons. The number of rotatable bonds is 5. The summed E-state index contributed by atoms with van der Waals surface area (Å²) in [5.74, 6) is 0. The Morgan fingerprint density at radius 1 is 1.33 bits per heavy atom. The van der Waals surface area contributed by atoms with Crippen molar-refractivity contribution in [1.29, 1.82) is 0 Å². The molecule has 0 saturated carbocycles. The van der Waals surface area contributed by atoms with Crippen molar-refractivity contribution >= 4 is 11.4 Å². The summed E-state index contributed by atoms with van der Waals surface area (Å²) < 4.78 is 0. The maximum absolute atomic E-state index is 5.87. The number of anilines is 2. The average Bonchev–Trinajstić information content (AvgIpc) is 2.75. The Bertz CT molecular complexity index is 516. The average molecular weight is 244 g/mol. The Hall–Kier alpha value is -1.97. The van der Waals surface area contributed by atoms with E-state index in [1.165, 1.54) is 5.56 Å². The highest BCUT2D eigenvalue weighted by Gasteiger charge is 2.00. The van der Waals surface area contributed by atoms with Gasteiger partial charge in [0.1, 0.15) is 0 Å². The Morgan fingerprint density at radius 2 is 2.17 bits per heavy atom. The molecule has 1 heterocycles. The Labute approximate surface area is 108 Å². The van der Waals surface area contributed by atoms with Crippen LogP contribution in [0, 0.1) is 13.8 Å². The van der Waals surface area contributed by atoms with E-state index in [1.54, 1.807) is 0 Å². The first-order chi connectivity index (χ1) is 8.66. The van der Waals surface area contributed by atoms with E-state index in [0.717, 1.165) is 42.0 Å². The first-order valence-corrected chi connectivity index (χ1v) is 6.25. The molecular weight excluding hydrogens is 224 g/mol. The van der Waals surface area contributed by atoms with Gasteiger partial charge in [0, 0.05) is 23.6 Å². The Kier molecular flexibility index (Phi) is 3.87. The van der Waals surface area contributed by atoms with Crippen LogP contribution < -0.4 is 11.1 Å². The molecule has 2 aromatic rings. The van der Waals surface area contributed by atoms with Crippen LogP contribution >= 0.6 is 0 Å². The van der Waals surface area contributed by atoms with E-state index in [0.29, 0.717) is 0 Å². The molecule has 2 rings (SSSR count). The smallest absolute Gasteiger partial charge is 0.0522 e. The van der Waals surface area contributed by atoms with Crippen molar-refractivity contribution in [2.45, 2.75) is 26.7 Å². The maximum Gasteiger partial charge on any atom is 0.0522 e. The minimum atomic E-state index is 0.839. The summed E-state index contributed by atoms with van der Waals surface area (Å²) in [6, 6.07) is 6.09. The fourth-order valence-electron chi connectivity index (χ4n) is 1.89. The summed E-state index contributed by atoms with van der Waals surface area (Å²) in [4.78, 5) is 0. The fraction of sp³-hybridized carbons (Fsp3) is 0.357. The number of nitrogens with one attached hydrogen (secondary N) is 2. The van der Waals surface area contributed by atoms with Gasteiger partial charge in [-0.1, -0.05) is 6.07 Å². The van der Waals surface area contributed by atoms with Crippen molar-refractivity contribution in [1.82, 2.24) is 10.2 Å². The number of hydrogen-bond donors (Lipinski definition) is 3. The van der Waals surface area contributed by atoms with Gasteiger partial charge in [-0.2, -0.15) is 5.10 Å². The second kappa shape index (κ2) is 5.58. The molecule has 4 N–H and O–H groups in total. The molecule has 0 bridgehead atoms. The lowest BCUT2D eigenvalue weighted by molar-refractivity contribution is 0.857. The van der Waals surface area contributed by atoms with Crippen LogP contribution in [0.5, 0.6) is 0 Å². The van der Waals surface area contributed by atoms with Gasteiger partial charge in [0.15, 0.2) is 0 Å². The Morgan fingerprint density at radius 3 is 2.83 bits per heavy atom. The SMILES string of the molecule is Cc1ccc(NCCCc2cn[nH]c2C)cc1N. The number of aromatic nitrogens is 2. The van der Waals surface area contributed by atoms with Crippen LogP contribution in [0.25, 0.3) is 0 Å². The third kappa shape index (κ3) is 3.03. The fourth-order valence-corrected chi connectivity index (χ4v) is 1.89. The van der Waals surface area contributed by atoms with Gasteiger partial charge < -0.3 is 11.1 Å². The molecule has 4 nitrogen and oxygen atoms in total. The van der Waals surface area contributed by atoms with E-state index in [2.05, 4.69) is 28.5 Å². The van der Waals surface area contributed by atoms with Gasteiger partial charge in [-0.15, -0.1) is 0 Å². The molecule has 96 valence electrons. The molecule has 0 aliphatic rings. The molecule has 1 aromatic heterocycles. The highest BCUT2D eigenvalue weighted by Crippen LogP contribution is 2.17. The molecule has 0 atom stereocenters. The quantitative estimate of drug-likeness (QED) is 0.559. The molecule has 0 unspecified atom stereocenters. The summed E-state index contributed by atoms with van der Waals surface area (Å²) in [6.45, 7) is 5.00. The number of aromatic amines is 1. The van der Waals surface area contributed by atoms with Crippen LogP contribution in [0.1, 0.15) is 23.2 Å². The van der Waals surface area contributed by atoms with Gasteiger partial charge in [0.05, 0.1) is 6.20 Å². The van der Waals surface area contributed by atoms with Crippen molar-refractivity contribution in [2.24, 2.45) is 0 Å². The molecule has 0 aliphatic carbocycles. The standard InChI is InChI=1S/C14H20N4/c1-10-5-6-13(8-14(10)15)16-7-3-4-12-9-17-18-11(12)2/h5-6,8-9,16H,3-4,7,15H2,1-2H3,(H,17,18). The molecule has 0 aliphatic heterocycles. The van der Waals surface area contributed by atoms with Gasteiger partial charge in [-0.05, 0) is 49.9 Å². The Balaban J connectivity index is 1.78. The lowest BCUT2D eigenvalue weighted by Gasteiger charge is -2.08. The van der Waals surface area contributed by atoms with E-state index in [9.17, 15) is 0 Å². The highest BCUT2D eigenvalue weighted by molar-refractivity contribution is 5.58. The predicted octanol–water partition coefficient (Wildman–Crippen LogP) is 2.65. The van der Waals surface area contributed by atoms with Crippen molar-refractivity contribution in [2.75, 3.05) is 17.6 Å².